The minimum absolute atomic E-state index is 0.0204. The summed E-state index contributed by atoms with van der Waals surface area (Å²) in [6, 6.07) is 11.9. The van der Waals surface area contributed by atoms with Crippen LogP contribution in [-0.2, 0) is 16.8 Å². The highest BCUT2D eigenvalue weighted by Crippen LogP contribution is 2.43. The van der Waals surface area contributed by atoms with Gasteiger partial charge in [0.25, 0.3) is 5.56 Å². The van der Waals surface area contributed by atoms with E-state index in [-0.39, 0.29) is 22.6 Å². The van der Waals surface area contributed by atoms with E-state index in [1.165, 1.54) is 29.8 Å². The van der Waals surface area contributed by atoms with Gasteiger partial charge in [-0.15, -0.1) is 0 Å². The van der Waals surface area contributed by atoms with Gasteiger partial charge in [-0.25, -0.2) is 0 Å². The molecule has 1 fully saturated rings. The van der Waals surface area contributed by atoms with Crippen LogP contribution in [-0.4, -0.2) is 27.8 Å². The van der Waals surface area contributed by atoms with Crippen molar-refractivity contribution in [1.29, 1.82) is 0 Å². The third kappa shape index (κ3) is 4.12. The van der Waals surface area contributed by atoms with Crippen LogP contribution < -0.4 is 10.9 Å². The Bertz CT molecular complexity index is 785. The number of nitrogens with zero attached hydrogens (tertiary/aromatic N) is 2. The van der Waals surface area contributed by atoms with Crippen molar-refractivity contribution in [2.45, 2.75) is 43.3 Å². The second-order valence-electron chi connectivity index (χ2n) is 6.40. The molecule has 2 aromatic rings. The molecular weight excluding hydrogens is 334 g/mol. The van der Waals surface area contributed by atoms with Crippen LogP contribution in [0.1, 0.15) is 31.7 Å². The molecule has 25 heavy (non-hydrogen) atoms. The van der Waals surface area contributed by atoms with E-state index < -0.39 is 0 Å². The molecule has 6 heteroatoms. The van der Waals surface area contributed by atoms with Crippen molar-refractivity contribution in [2.24, 2.45) is 0 Å². The number of aromatic nitrogens is 2. The van der Waals surface area contributed by atoms with Crippen LogP contribution in [0.3, 0.4) is 0 Å². The van der Waals surface area contributed by atoms with Crippen molar-refractivity contribution in [3.63, 3.8) is 0 Å². The van der Waals surface area contributed by atoms with Crippen molar-refractivity contribution < 1.29 is 4.79 Å². The number of amides is 1. The molecule has 0 saturated heterocycles. The summed E-state index contributed by atoms with van der Waals surface area (Å²) >= 11 is 1.31. The van der Waals surface area contributed by atoms with E-state index in [9.17, 15) is 9.59 Å². The fourth-order valence-corrected chi connectivity index (χ4v) is 4.05. The lowest BCUT2D eigenvalue weighted by atomic mass is 9.64. The van der Waals surface area contributed by atoms with Gasteiger partial charge in [-0.05, 0) is 25.3 Å². The second kappa shape index (κ2) is 7.87. The van der Waals surface area contributed by atoms with Gasteiger partial charge >= 0.3 is 0 Å². The molecular formula is C19H23N3O2S. The predicted molar refractivity (Wildman–Crippen MR) is 99.9 cm³/mol. The van der Waals surface area contributed by atoms with Crippen molar-refractivity contribution in [3.8, 4) is 0 Å². The molecule has 1 heterocycles. The lowest BCUT2D eigenvalue weighted by Crippen LogP contribution is -2.46. The summed E-state index contributed by atoms with van der Waals surface area (Å²) in [5.41, 5.74) is 1.11. The third-order valence-electron chi connectivity index (χ3n) is 4.84. The Labute approximate surface area is 151 Å². The minimum atomic E-state index is -0.273. The molecule has 1 saturated carbocycles. The largest absolute Gasteiger partial charge is 0.354 e. The molecule has 0 aliphatic heterocycles. The monoisotopic (exact) mass is 357 g/mol. The Morgan fingerprint density at radius 2 is 2.04 bits per heavy atom. The maximum absolute atomic E-state index is 12.3. The van der Waals surface area contributed by atoms with Crippen LogP contribution in [0.4, 0.5) is 0 Å². The number of carbonyl (C=O) groups excluding carboxylic acids is 1. The summed E-state index contributed by atoms with van der Waals surface area (Å²) in [5, 5.41) is 3.66. The first-order valence-corrected chi connectivity index (χ1v) is 9.64. The highest BCUT2D eigenvalue weighted by molar-refractivity contribution is 7.99. The molecule has 1 aliphatic rings. The van der Waals surface area contributed by atoms with Crippen molar-refractivity contribution in [2.75, 3.05) is 12.3 Å². The van der Waals surface area contributed by atoms with Crippen LogP contribution in [0, 0.1) is 0 Å². The number of aryl methyl sites for hydroxylation is 1. The Morgan fingerprint density at radius 1 is 1.28 bits per heavy atom. The van der Waals surface area contributed by atoms with Gasteiger partial charge in [-0.1, -0.05) is 48.5 Å². The number of hydrogen-bond acceptors (Lipinski definition) is 4. The van der Waals surface area contributed by atoms with Crippen LogP contribution in [0.2, 0.25) is 0 Å². The van der Waals surface area contributed by atoms with Crippen molar-refractivity contribution in [1.82, 2.24) is 14.9 Å². The average molecular weight is 357 g/mol. The quantitative estimate of drug-likeness (QED) is 0.611. The van der Waals surface area contributed by atoms with E-state index in [4.69, 9.17) is 0 Å². The topological polar surface area (TPSA) is 64.0 Å². The Balaban J connectivity index is 1.57. The number of thioether (sulfide) groups is 1. The van der Waals surface area contributed by atoms with Gasteiger partial charge in [0.15, 0.2) is 5.16 Å². The molecule has 0 radical (unpaired) electrons. The first-order chi connectivity index (χ1) is 12.1. The Kier molecular flexibility index (Phi) is 5.58. The summed E-state index contributed by atoms with van der Waals surface area (Å²) < 4.78 is 1.87. The van der Waals surface area contributed by atoms with E-state index in [2.05, 4.69) is 34.6 Å². The number of nitrogens with one attached hydrogen (secondary N) is 1. The Hall–Kier alpha value is -2.08. The van der Waals surface area contributed by atoms with Crippen molar-refractivity contribution >= 4 is 17.7 Å². The van der Waals surface area contributed by atoms with Crippen LogP contribution >= 0.6 is 11.8 Å². The molecule has 1 aromatic carbocycles. The van der Waals surface area contributed by atoms with E-state index in [1.54, 1.807) is 6.20 Å². The van der Waals surface area contributed by atoms with Gasteiger partial charge in [-0.3, -0.25) is 9.59 Å². The van der Waals surface area contributed by atoms with Crippen LogP contribution in [0.5, 0.6) is 0 Å². The summed E-state index contributed by atoms with van der Waals surface area (Å²) in [6.07, 6.45) is 5.14. The smallest absolute Gasteiger partial charge is 0.273 e. The standard InChI is InChI=1S/C19H23N3O2S/c1-2-22-12-9-16(23)21-18(22)25-13-17(24)20-14-19(10-6-11-19)15-7-4-3-5-8-15/h3-5,7-9,12H,2,6,10-11,13-14H2,1H3,(H,20,24). The first-order valence-electron chi connectivity index (χ1n) is 8.65. The zero-order valence-electron chi connectivity index (χ0n) is 14.4. The van der Waals surface area contributed by atoms with Gasteiger partial charge in [0, 0.05) is 30.8 Å². The summed E-state index contributed by atoms with van der Waals surface area (Å²) in [7, 11) is 0. The van der Waals surface area contributed by atoms with Crippen LogP contribution in [0.25, 0.3) is 0 Å². The average Bonchev–Trinajstić information content (AvgIpc) is 2.60. The molecule has 132 valence electrons. The summed E-state index contributed by atoms with van der Waals surface area (Å²) in [6.45, 7) is 3.37. The molecule has 0 spiro atoms. The number of rotatable bonds is 7. The fraction of sp³-hybridized carbons (Fsp3) is 0.421. The van der Waals surface area contributed by atoms with E-state index in [1.807, 2.05) is 17.6 Å². The van der Waals surface area contributed by atoms with E-state index in [0.717, 1.165) is 12.8 Å². The first kappa shape index (κ1) is 17.7. The van der Waals surface area contributed by atoms with Crippen LogP contribution in [0.15, 0.2) is 52.5 Å². The fourth-order valence-electron chi connectivity index (χ4n) is 3.18. The molecule has 1 aromatic heterocycles. The zero-order chi connectivity index (χ0) is 17.7. The molecule has 3 rings (SSSR count). The van der Waals surface area contributed by atoms with Gasteiger partial charge in [0.05, 0.1) is 5.75 Å². The number of benzene rings is 1. The van der Waals surface area contributed by atoms with Gasteiger partial charge in [0.2, 0.25) is 5.91 Å². The summed E-state index contributed by atoms with van der Waals surface area (Å²) in [4.78, 5) is 27.7. The third-order valence-corrected chi connectivity index (χ3v) is 5.83. The highest BCUT2D eigenvalue weighted by atomic mass is 32.2. The molecule has 5 nitrogen and oxygen atoms in total. The lowest BCUT2D eigenvalue weighted by molar-refractivity contribution is -0.119. The molecule has 1 amide bonds. The summed E-state index contributed by atoms with van der Waals surface area (Å²) in [5.74, 6) is 0.245. The highest BCUT2D eigenvalue weighted by Gasteiger charge is 2.38. The zero-order valence-corrected chi connectivity index (χ0v) is 15.2. The lowest BCUT2D eigenvalue weighted by Gasteiger charge is -2.42. The molecule has 1 N–H and O–H groups in total. The second-order valence-corrected chi connectivity index (χ2v) is 7.34. The maximum Gasteiger partial charge on any atom is 0.273 e. The van der Waals surface area contributed by atoms with E-state index >= 15 is 0 Å². The molecule has 0 atom stereocenters. The predicted octanol–water partition coefficient (Wildman–Crippen LogP) is 2.59. The molecule has 1 aliphatic carbocycles. The SMILES string of the molecule is CCn1ccc(=O)nc1SCC(=O)NCC1(c2ccccc2)CCC1. The number of hydrogen-bond donors (Lipinski definition) is 1. The van der Waals surface area contributed by atoms with E-state index in [0.29, 0.717) is 18.2 Å². The molecule has 0 bridgehead atoms. The van der Waals surface area contributed by atoms with Crippen molar-refractivity contribution in [3.05, 3.63) is 58.5 Å². The molecule has 0 unspecified atom stereocenters. The Morgan fingerprint density at radius 3 is 2.68 bits per heavy atom. The number of carbonyl (C=O) groups is 1. The van der Waals surface area contributed by atoms with Gasteiger partial charge < -0.3 is 9.88 Å². The van der Waals surface area contributed by atoms with Gasteiger partial charge in [0.1, 0.15) is 0 Å². The minimum Gasteiger partial charge on any atom is -0.354 e. The normalized spacial score (nSPS) is 15.4. The van der Waals surface area contributed by atoms with Gasteiger partial charge in [-0.2, -0.15) is 4.98 Å². The maximum atomic E-state index is 12.3.